The number of ether oxygens (including phenoxy) is 3. The van der Waals surface area contributed by atoms with Crippen molar-refractivity contribution in [1.82, 2.24) is 25.3 Å². The summed E-state index contributed by atoms with van der Waals surface area (Å²) in [7, 11) is 1.35. The lowest BCUT2D eigenvalue weighted by molar-refractivity contribution is -0.143. The maximum absolute atomic E-state index is 13.7. The number of fused-ring (bicyclic) bond motifs is 1. The van der Waals surface area contributed by atoms with Crippen LogP contribution in [-0.4, -0.2) is 52.3 Å². The number of carbonyl (C=O) groups excluding carboxylic acids is 1. The van der Waals surface area contributed by atoms with Crippen LogP contribution in [0.3, 0.4) is 0 Å². The molecule has 1 N–H and O–H groups in total. The number of hydrogen-bond donors (Lipinski definition) is 1. The first-order valence-electron chi connectivity index (χ1n) is 9.07. The molecule has 0 fully saturated rings. The Morgan fingerprint density at radius 2 is 2.00 bits per heavy atom. The minimum Gasteiger partial charge on any atom is -0.486 e. The Balaban J connectivity index is 1.52. The van der Waals surface area contributed by atoms with Gasteiger partial charge in [-0.05, 0) is 18.2 Å². The van der Waals surface area contributed by atoms with Gasteiger partial charge in [-0.2, -0.15) is 18.3 Å². The highest BCUT2D eigenvalue weighted by molar-refractivity contribution is 5.95. The number of aromatic nitrogens is 4. The summed E-state index contributed by atoms with van der Waals surface area (Å²) in [5.74, 6) is 0.00944. The number of rotatable bonds is 5. The first-order valence-corrected chi connectivity index (χ1v) is 9.07. The molecule has 0 aliphatic carbocycles. The molecule has 1 aromatic carbocycles. The smallest absolute Gasteiger partial charge is 0.434 e. The van der Waals surface area contributed by atoms with E-state index in [4.69, 9.17) is 14.2 Å². The maximum atomic E-state index is 13.7. The van der Waals surface area contributed by atoms with Crippen molar-refractivity contribution in [3.8, 4) is 23.2 Å². The van der Waals surface area contributed by atoms with Gasteiger partial charge in [-0.25, -0.2) is 4.68 Å². The average molecular weight is 435 g/mol. The molecule has 2 aromatic heterocycles. The van der Waals surface area contributed by atoms with Crippen molar-refractivity contribution >= 4 is 5.91 Å². The van der Waals surface area contributed by atoms with Crippen LogP contribution in [0.4, 0.5) is 13.2 Å². The number of nitrogens with zero attached hydrogens (tertiary/aromatic N) is 4. The van der Waals surface area contributed by atoms with Crippen LogP contribution in [0, 0.1) is 0 Å². The quantitative estimate of drug-likeness (QED) is 0.656. The minimum atomic E-state index is -4.87. The molecule has 0 bridgehead atoms. The van der Waals surface area contributed by atoms with Gasteiger partial charge >= 0.3 is 6.18 Å². The molecule has 31 heavy (non-hydrogen) atoms. The largest absolute Gasteiger partial charge is 0.486 e. The fraction of sp³-hybridized carbons (Fsp3) is 0.263. The Labute approximate surface area is 173 Å². The lowest BCUT2D eigenvalue weighted by atomic mass is 10.2. The predicted octanol–water partition coefficient (Wildman–Crippen LogP) is 2.26. The fourth-order valence-corrected chi connectivity index (χ4v) is 2.96. The summed E-state index contributed by atoms with van der Waals surface area (Å²) in [4.78, 5) is 12.5. The SMILES string of the molecule is COc1ccc(-n2ncc(C(=O)NC[C@H]3COc4ccccc4O3)c2C(F)(F)F)nn1. The van der Waals surface area contributed by atoms with E-state index < -0.39 is 29.4 Å². The van der Waals surface area contributed by atoms with Gasteiger partial charge in [0.2, 0.25) is 5.88 Å². The Bertz CT molecular complexity index is 1080. The summed E-state index contributed by atoms with van der Waals surface area (Å²) >= 11 is 0. The molecule has 1 aliphatic rings. The Morgan fingerprint density at radius 3 is 2.68 bits per heavy atom. The summed E-state index contributed by atoms with van der Waals surface area (Å²) in [5, 5.41) is 13.4. The predicted molar refractivity (Wildman–Crippen MR) is 99.4 cm³/mol. The molecule has 3 aromatic rings. The van der Waals surface area contributed by atoms with Crippen LogP contribution < -0.4 is 19.5 Å². The first kappa shape index (κ1) is 20.4. The van der Waals surface area contributed by atoms with Crippen molar-refractivity contribution in [3.63, 3.8) is 0 Å². The third-order valence-corrected chi connectivity index (χ3v) is 4.39. The summed E-state index contributed by atoms with van der Waals surface area (Å²) in [6.45, 7) is 0.0854. The van der Waals surface area contributed by atoms with Crippen LogP contribution in [0.15, 0.2) is 42.6 Å². The van der Waals surface area contributed by atoms with E-state index >= 15 is 0 Å². The number of amides is 1. The van der Waals surface area contributed by atoms with Gasteiger partial charge in [0.25, 0.3) is 5.91 Å². The second-order valence-corrected chi connectivity index (χ2v) is 6.46. The molecule has 0 unspecified atom stereocenters. The van der Waals surface area contributed by atoms with E-state index in [0.717, 1.165) is 6.20 Å². The molecule has 4 rings (SSSR count). The molecule has 3 heterocycles. The molecule has 0 saturated heterocycles. The first-order chi connectivity index (χ1) is 14.9. The fourth-order valence-electron chi connectivity index (χ4n) is 2.96. The topological polar surface area (TPSA) is 100 Å². The Kier molecular flexibility index (Phi) is 5.36. The molecular formula is C19H16F3N5O4. The highest BCUT2D eigenvalue weighted by atomic mass is 19.4. The van der Waals surface area contributed by atoms with Crippen LogP contribution in [0.5, 0.6) is 17.4 Å². The maximum Gasteiger partial charge on any atom is 0.434 e. The molecule has 0 spiro atoms. The third-order valence-electron chi connectivity index (χ3n) is 4.39. The zero-order valence-electron chi connectivity index (χ0n) is 16.1. The van der Waals surface area contributed by atoms with Gasteiger partial charge in [0.05, 0.1) is 25.4 Å². The van der Waals surface area contributed by atoms with Crippen LogP contribution in [0.1, 0.15) is 16.1 Å². The zero-order chi connectivity index (χ0) is 22.0. The van der Waals surface area contributed by atoms with Crippen molar-refractivity contribution in [3.05, 3.63) is 53.9 Å². The summed E-state index contributed by atoms with van der Waals surface area (Å²) in [6.07, 6.45) is -4.60. The van der Waals surface area contributed by atoms with Gasteiger partial charge in [0.1, 0.15) is 12.7 Å². The normalized spacial score (nSPS) is 15.4. The van der Waals surface area contributed by atoms with Crippen molar-refractivity contribution < 1.29 is 32.2 Å². The van der Waals surface area contributed by atoms with Crippen LogP contribution in [0.25, 0.3) is 5.82 Å². The lowest BCUT2D eigenvalue weighted by Gasteiger charge is -2.26. The van der Waals surface area contributed by atoms with Crippen molar-refractivity contribution in [2.24, 2.45) is 0 Å². The molecule has 9 nitrogen and oxygen atoms in total. The van der Waals surface area contributed by atoms with Gasteiger partial charge in [0.15, 0.2) is 23.0 Å². The average Bonchev–Trinajstić information content (AvgIpc) is 3.23. The summed E-state index contributed by atoms with van der Waals surface area (Å²) in [5.41, 5.74) is -1.92. The van der Waals surface area contributed by atoms with E-state index in [0.29, 0.717) is 16.2 Å². The number of alkyl halides is 3. The third kappa shape index (κ3) is 4.22. The van der Waals surface area contributed by atoms with E-state index in [1.54, 1.807) is 24.3 Å². The standard InChI is InChI=1S/C19H16F3N5O4/c1-29-16-7-6-15(25-26-16)27-17(19(20,21)22)12(9-24-27)18(28)23-8-11-10-30-13-4-2-3-5-14(13)31-11/h2-7,9,11H,8,10H2,1H3,(H,23,28)/t11-/m0/s1. The molecular weight excluding hydrogens is 419 g/mol. The summed E-state index contributed by atoms with van der Waals surface area (Å²) in [6, 6.07) is 9.56. The number of nitrogens with one attached hydrogen (secondary N) is 1. The molecule has 1 atom stereocenters. The molecule has 0 radical (unpaired) electrons. The van der Waals surface area contributed by atoms with E-state index in [2.05, 4.69) is 20.6 Å². The highest BCUT2D eigenvalue weighted by Crippen LogP contribution is 2.34. The van der Waals surface area contributed by atoms with Crippen LogP contribution >= 0.6 is 0 Å². The number of carbonyl (C=O) groups is 1. The molecule has 0 saturated carbocycles. The van der Waals surface area contributed by atoms with Crippen molar-refractivity contribution in [2.45, 2.75) is 12.3 Å². The van der Waals surface area contributed by atoms with Crippen LogP contribution in [-0.2, 0) is 6.18 Å². The minimum absolute atomic E-state index is 0.0576. The molecule has 1 amide bonds. The van der Waals surface area contributed by atoms with Gasteiger partial charge in [-0.1, -0.05) is 12.1 Å². The molecule has 1 aliphatic heterocycles. The Hall–Kier alpha value is -3.83. The molecule has 12 heteroatoms. The van der Waals surface area contributed by atoms with E-state index in [1.807, 2.05) is 0 Å². The van der Waals surface area contributed by atoms with Gasteiger partial charge in [0, 0.05) is 6.07 Å². The second-order valence-electron chi connectivity index (χ2n) is 6.46. The lowest BCUT2D eigenvalue weighted by Crippen LogP contribution is -2.41. The second kappa shape index (κ2) is 8.13. The Morgan fingerprint density at radius 1 is 1.23 bits per heavy atom. The zero-order valence-corrected chi connectivity index (χ0v) is 16.1. The van der Waals surface area contributed by atoms with Crippen LogP contribution in [0.2, 0.25) is 0 Å². The monoisotopic (exact) mass is 435 g/mol. The van der Waals surface area contributed by atoms with E-state index in [1.165, 1.54) is 19.2 Å². The van der Waals surface area contributed by atoms with Crippen molar-refractivity contribution in [2.75, 3.05) is 20.3 Å². The molecule has 162 valence electrons. The highest BCUT2D eigenvalue weighted by Gasteiger charge is 2.41. The van der Waals surface area contributed by atoms with Gasteiger partial charge in [-0.15, -0.1) is 10.2 Å². The number of methoxy groups -OCH3 is 1. The number of para-hydroxylation sites is 2. The van der Waals surface area contributed by atoms with Gasteiger partial charge < -0.3 is 19.5 Å². The van der Waals surface area contributed by atoms with E-state index in [9.17, 15) is 18.0 Å². The number of benzene rings is 1. The van der Waals surface area contributed by atoms with E-state index in [-0.39, 0.29) is 24.8 Å². The van der Waals surface area contributed by atoms with Crippen molar-refractivity contribution in [1.29, 1.82) is 0 Å². The number of halogens is 3. The van der Waals surface area contributed by atoms with Gasteiger partial charge in [-0.3, -0.25) is 4.79 Å². The number of hydrogen-bond acceptors (Lipinski definition) is 7. The summed E-state index contributed by atoms with van der Waals surface area (Å²) < 4.78 is 57.8.